The molecule has 2 atom stereocenters. The molecule has 0 saturated heterocycles. The highest BCUT2D eigenvalue weighted by molar-refractivity contribution is 9.10. The van der Waals surface area contributed by atoms with E-state index >= 15 is 0 Å². The molecule has 2 heterocycles. The van der Waals surface area contributed by atoms with Gasteiger partial charge in [0.15, 0.2) is 0 Å². The quantitative estimate of drug-likeness (QED) is 0.357. The number of benzene rings is 3. The minimum absolute atomic E-state index is 0.0303. The lowest BCUT2D eigenvalue weighted by Gasteiger charge is -2.38. The van der Waals surface area contributed by atoms with Gasteiger partial charge in [0.05, 0.1) is 16.7 Å². The van der Waals surface area contributed by atoms with Gasteiger partial charge in [-0.2, -0.15) is 5.10 Å². The second kappa shape index (κ2) is 7.25. The van der Waals surface area contributed by atoms with Crippen molar-refractivity contribution in [1.82, 2.24) is 5.01 Å². The highest BCUT2D eigenvalue weighted by Gasteiger charge is 2.41. The monoisotopic (exact) mass is 463 g/mol. The van der Waals surface area contributed by atoms with E-state index in [2.05, 4.69) is 53.2 Å². The molecule has 0 aromatic heterocycles. The zero-order chi connectivity index (χ0) is 20.8. The first kappa shape index (κ1) is 18.8. The summed E-state index contributed by atoms with van der Waals surface area (Å²) in [6.07, 6.45) is 0.312. The first-order chi connectivity index (χ1) is 14.5. The Hall–Kier alpha value is -3.19. The molecule has 2 aliphatic heterocycles. The molecule has 3 aromatic carbocycles. The lowest BCUT2D eigenvalue weighted by molar-refractivity contribution is -0.384. The molecule has 150 valence electrons. The molecule has 0 spiro atoms. The normalized spacial score (nSPS) is 19.5. The van der Waals surface area contributed by atoms with E-state index in [9.17, 15) is 10.1 Å². The van der Waals surface area contributed by atoms with Crippen molar-refractivity contribution in [3.63, 3.8) is 0 Å². The molecule has 0 saturated carbocycles. The van der Waals surface area contributed by atoms with E-state index in [4.69, 9.17) is 9.84 Å². The SMILES string of the molecule is Cc1ccc(C2=NN3[C@H](C2)c2cc(Br)ccc2O[C@H]3c2ccc([N+](=O)[O-])cc2)cc1. The summed E-state index contributed by atoms with van der Waals surface area (Å²) < 4.78 is 7.31. The Morgan fingerprint density at radius 3 is 2.53 bits per heavy atom. The number of hydrazone groups is 1. The number of rotatable bonds is 3. The van der Waals surface area contributed by atoms with Crippen molar-refractivity contribution in [3.8, 4) is 5.75 Å². The predicted octanol–water partition coefficient (Wildman–Crippen LogP) is 5.91. The zero-order valence-electron chi connectivity index (χ0n) is 16.2. The maximum atomic E-state index is 11.0. The molecule has 30 heavy (non-hydrogen) atoms. The van der Waals surface area contributed by atoms with Crippen LogP contribution in [0, 0.1) is 17.0 Å². The highest BCUT2D eigenvalue weighted by Crippen LogP contribution is 2.48. The molecular formula is C23H18BrN3O3. The summed E-state index contributed by atoms with van der Waals surface area (Å²) in [7, 11) is 0. The van der Waals surface area contributed by atoms with Crippen LogP contribution in [0.5, 0.6) is 5.75 Å². The van der Waals surface area contributed by atoms with Crippen LogP contribution in [-0.4, -0.2) is 15.6 Å². The standard InChI is InChI=1S/C23H18BrN3O3/c1-14-2-4-15(5-3-14)20-13-21-19-12-17(24)8-11-22(19)30-23(26(21)25-20)16-6-9-18(10-7-16)27(28)29/h2-12,21,23H,13H2,1H3/t21-,23+/m1/s1. The summed E-state index contributed by atoms with van der Waals surface area (Å²) in [5, 5.41) is 17.9. The van der Waals surface area contributed by atoms with E-state index in [1.807, 2.05) is 17.1 Å². The van der Waals surface area contributed by atoms with E-state index in [1.165, 1.54) is 17.7 Å². The number of fused-ring (bicyclic) bond motifs is 3. The van der Waals surface area contributed by atoms with Gasteiger partial charge < -0.3 is 4.74 Å². The molecule has 0 N–H and O–H groups in total. The predicted molar refractivity (Wildman–Crippen MR) is 118 cm³/mol. The summed E-state index contributed by atoms with van der Waals surface area (Å²) in [4.78, 5) is 10.6. The number of non-ortho nitro benzene ring substituents is 1. The van der Waals surface area contributed by atoms with E-state index in [-0.39, 0.29) is 11.7 Å². The van der Waals surface area contributed by atoms with Gasteiger partial charge in [-0.3, -0.25) is 10.1 Å². The van der Waals surface area contributed by atoms with Crippen molar-refractivity contribution in [2.24, 2.45) is 5.10 Å². The average Bonchev–Trinajstić information content (AvgIpc) is 3.19. The number of halogens is 1. The topological polar surface area (TPSA) is 68.0 Å². The third-order valence-electron chi connectivity index (χ3n) is 5.53. The van der Waals surface area contributed by atoms with Crippen LogP contribution in [0.2, 0.25) is 0 Å². The molecule has 2 aliphatic rings. The Labute approximate surface area is 182 Å². The Bertz CT molecular complexity index is 1160. The highest BCUT2D eigenvalue weighted by atomic mass is 79.9. The van der Waals surface area contributed by atoms with Crippen molar-refractivity contribution in [3.05, 3.63) is 104 Å². The van der Waals surface area contributed by atoms with Crippen LogP contribution in [0.25, 0.3) is 0 Å². The van der Waals surface area contributed by atoms with Crippen molar-refractivity contribution in [1.29, 1.82) is 0 Å². The first-order valence-corrected chi connectivity index (χ1v) is 10.4. The number of hydrogen-bond donors (Lipinski definition) is 0. The van der Waals surface area contributed by atoms with Gasteiger partial charge in [-0.25, -0.2) is 5.01 Å². The lowest BCUT2D eigenvalue weighted by Crippen LogP contribution is -2.33. The minimum atomic E-state index is -0.451. The number of nitro groups is 1. The minimum Gasteiger partial charge on any atom is -0.464 e. The second-order valence-electron chi connectivity index (χ2n) is 7.51. The van der Waals surface area contributed by atoms with Crippen LogP contribution >= 0.6 is 15.9 Å². The molecule has 3 aromatic rings. The zero-order valence-corrected chi connectivity index (χ0v) is 17.7. The molecule has 0 aliphatic carbocycles. The van der Waals surface area contributed by atoms with Crippen molar-refractivity contribution in [2.45, 2.75) is 25.6 Å². The number of ether oxygens (including phenoxy) is 1. The first-order valence-electron chi connectivity index (χ1n) is 9.63. The van der Waals surface area contributed by atoms with Gasteiger partial charge in [0.25, 0.3) is 5.69 Å². The largest absolute Gasteiger partial charge is 0.464 e. The van der Waals surface area contributed by atoms with Gasteiger partial charge in [0.1, 0.15) is 5.75 Å². The Balaban J connectivity index is 1.57. The van der Waals surface area contributed by atoms with Gasteiger partial charge in [-0.05, 0) is 42.8 Å². The molecule has 0 amide bonds. The van der Waals surface area contributed by atoms with Gasteiger partial charge in [-0.15, -0.1) is 0 Å². The summed E-state index contributed by atoms with van der Waals surface area (Å²) >= 11 is 3.56. The van der Waals surface area contributed by atoms with Crippen LogP contribution in [0.15, 0.2) is 76.3 Å². The number of aryl methyl sites for hydroxylation is 1. The van der Waals surface area contributed by atoms with Gasteiger partial charge in [0, 0.05) is 34.2 Å². The van der Waals surface area contributed by atoms with E-state index in [1.54, 1.807) is 12.1 Å². The Morgan fingerprint density at radius 2 is 1.83 bits per heavy atom. The molecule has 5 rings (SSSR count). The van der Waals surface area contributed by atoms with Crippen LogP contribution < -0.4 is 4.74 Å². The van der Waals surface area contributed by atoms with Crippen molar-refractivity contribution >= 4 is 27.3 Å². The van der Waals surface area contributed by atoms with Gasteiger partial charge in [-0.1, -0.05) is 45.8 Å². The van der Waals surface area contributed by atoms with E-state index in [0.717, 1.165) is 39.0 Å². The molecule has 0 fully saturated rings. The molecular weight excluding hydrogens is 446 g/mol. The number of hydrogen-bond acceptors (Lipinski definition) is 5. The fourth-order valence-corrected chi connectivity index (χ4v) is 4.34. The Morgan fingerprint density at radius 1 is 1.10 bits per heavy atom. The smallest absolute Gasteiger partial charge is 0.269 e. The fraction of sp³-hybridized carbons (Fsp3) is 0.174. The van der Waals surface area contributed by atoms with E-state index < -0.39 is 11.2 Å². The summed E-state index contributed by atoms with van der Waals surface area (Å²) in [5.41, 5.74) is 5.26. The van der Waals surface area contributed by atoms with Crippen molar-refractivity contribution in [2.75, 3.05) is 0 Å². The summed E-state index contributed by atoms with van der Waals surface area (Å²) in [6, 6.07) is 20.9. The fourth-order valence-electron chi connectivity index (χ4n) is 3.96. The summed E-state index contributed by atoms with van der Waals surface area (Å²) in [6.45, 7) is 2.07. The molecule has 6 nitrogen and oxygen atoms in total. The van der Waals surface area contributed by atoms with E-state index in [0.29, 0.717) is 0 Å². The lowest BCUT2D eigenvalue weighted by atomic mass is 9.95. The van der Waals surface area contributed by atoms with Crippen LogP contribution in [0.4, 0.5) is 5.69 Å². The van der Waals surface area contributed by atoms with Crippen molar-refractivity contribution < 1.29 is 9.66 Å². The Kier molecular flexibility index (Phi) is 4.55. The second-order valence-corrected chi connectivity index (χ2v) is 8.43. The molecule has 7 heteroatoms. The van der Waals surface area contributed by atoms with Gasteiger partial charge in [0.2, 0.25) is 6.23 Å². The van der Waals surface area contributed by atoms with Crippen LogP contribution in [0.1, 0.15) is 40.9 Å². The van der Waals surface area contributed by atoms with Crippen LogP contribution in [0.3, 0.4) is 0 Å². The molecule has 0 bridgehead atoms. The molecule has 0 radical (unpaired) electrons. The average molecular weight is 464 g/mol. The number of nitro benzene ring substituents is 1. The maximum Gasteiger partial charge on any atom is 0.269 e. The van der Waals surface area contributed by atoms with Crippen LogP contribution in [-0.2, 0) is 0 Å². The maximum absolute atomic E-state index is 11.0. The molecule has 0 unspecified atom stereocenters. The summed E-state index contributed by atoms with van der Waals surface area (Å²) in [5.74, 6) is 0.808. The third-order valence-corrected chi connectivity index (χ3v) is 6.02. The number of nitrogens with zero attached hydrogens (tertiary/aromatic N) is 3. The third kappa shape index (κ3) is 3.25. The van der Waals surface area contributed by atoms with Gasteiger partial charge >= 0.3 is 0 Å².